The molecule has 1 aromatic carbocycles. The lowest BCUT2D eigenvalue weighted by atomic mass is 10.2. The first-order valence-corrected chi connectivity index (χ1v) is 6.60. The van der Waals surface area contributed by atoms with Crippen LogP contribution in [0.3, 0.4) is 0 Å². The van der Waals surface area contributed by atoms with Gasteiger partial charge in [-0.3, -0.25) is 9.59 Å². The van der Waals surface area contributed by atoms with Gasteiger partial charge in [0.1, 0.15) is 0 Å². The van der Waals surface area contributed by atoms with Crippen LogP contribution in [0, 0.1) is 6.92 Å². The summed E-state index contributed by atoms with van der Waals surface area (Å²) in [5.41, 5.74) is 7.52. The van der Waals surface area contributed by atoms with Crippen LogP contribution in [0.1, 0.15) is 24.8 Å². The molecule has 6 nitrogen and oxygen atoms in total. The summed E-state index contributed by atoms with van der Waals surface area (Å²) in [6.45, 7) is 2.42. The molecule has 0 aromatic heterocycles. The van der Waals surface area contributed by atoms with Crippen molar-refractivity contribution in [3.8, 4) is 0 Å². The minimum atomic E-state index is -0.732. The first-order valence-electron chi connectivity index (χ1n) is 6.60. The van der Waals surface area contributed by atoms with Gasteiger partial charge in [0.25, 0.3) is 0 Å². The van der Waals surface area contributed by atoms with E-state index in [4.69, 9.17) is 10.8 Å². The second kappa shape index (κ2) is 8.16. The molecule has 1 aromatic rings. The fourth-order valence-corrected chi connectivity index (χ4v) is 1.65. The molecule has 0 aliphatic rings. The third-order valence-corrected chi connectivity index (χ3v) is 2.78. The molecular formula is C14H21N3O3. The van der Waals surface area contributed by atoms with Crippen molar-refractivity contribution in [3.05, 3.63) is 23.8 Å². The Morgan fingerprint density at radius 1 is 1.20 bits per heavy atom. The predicted octanol–water partition coefficient (Wildman–Crippen LogP) is 0.795. The highest BCUT2D eigenvalue weighted by Gasteiger charge is 2.14. The quantitative estimate of drug-likeness (QED) is 0.351. The first kappa shape index (κ1) is 16.0. The molecule has 0 heterocycles. The summed E-state index contributed by atoms with van der Waals surface area (Å²) < 4.78 is 0. The van der Waals surface area contributed by atoms with Crippen LogP contribution in [0.4, 0.5) is 11.4 Å². The molecule has 0 spiro atoms. The third-order valence-electron chi connectivity index (χ3n) is 2.78. The molecule has 0 unspecified atom stereocenters. The Bertz CT molecular complexity index is 475. The zero-order valence-electron chi connectivity index (χ0n) is 11.6. The summed E-state index contributed by atoms with van der Waals surface area (Å²) in [6.07, 6.45) is 2.23. The van der Waals surface area contributed by atoms with Crippen LogP contribution in [0.25, 0.3) is 0 Å². The minimum Gasteiger partial charge on any atom is -0.397 e. The van der Waals surface area contributed by atoms with Crippen LogP contribution in [-0.2, 0) is 9.59 Å². The van der Waals surface area contributed by atoms with Gasteiger partial charge in [-0.05, 0) is 43.9 Å². The maximum absolute atomic E-state index is 11.7. The monoisotopic (exact) mass is 279 g/mol. The van der Waals surface area contributed by atoms with Crippen LogP contribution in [0.2, 0.25) is 0 Å². The van der Waals surface area contributed by atoms with Gasteiger partial charge in [-0.25, -0.2) is 0 Å². The Morgan fingerprint density at radius 3 is 2.65 bits per heavy atom. The molecule has 5 N–H and O–H groups in total. The molecule has 1 rings (SSSR count). The van der Waals surface area contributed by atoms with E-state index in [0.29, 0.717) is 24.3 Å². The number of nitrogen functional groups attached to an aromatic ring is 1. The molecule has 0 aliphatic carbocycles. The molecule has 20 heavy (non-hydrogen) atoms. The van der Waals surface area contributed by atoms with E-state index in [0.717, 1.165) is 18.4 Å². The Labute approximate surface area is 118 Å². The fraction of sp³-hybridized carbons (Fsp3) is 0.429. The van der Waals surface area contributed by atoms with Crippen molar-refractivity contribution >= 4 is 23.2 Å². The minimum absolute atomic E-state index is 0.140. The van der Waals surface area contributed by atoms with Gasteiger partial charge in [0.15, 0.2) is 0 Å². The van der Waals surface area contributed by atoms with Gasteiger partial charge in [-0.2, -0.15) is 0 Å². The number of anilines is 2. The normalized spacial score (nSPS) is 10.1. The molecule has 6 heteroatoms. The van der Waals surface area contributed by atoms with E-state index in [1.54, 1.807) is 12.1 Å². The van der Waals surface area contributed by atoms with Crippen LogP contribution >= 0.6 is 0 Å². The predicted molar refractivity (Wildman–Crippen MR) is 78.2 cm³/mol. The van der Waals surface area contributed by atoms with E-state index in [2.05, 4.69) is 10.6 Å². The van der Waals surface area contributed by atoms with Crippen molar-refractivity contribution in [2.75, 3.05) is 24.2 Å². The molecule has 0 aliphatic heterocycles. The van der Waals surface area contributed by atoms with Crippen LogP contribution < -0.4 is 16.4 Å². The number of amides is 2. The zero-order valence-corrected chi connectivity index (χ0v) is 11.6. The summed E-state index contributed by atoms with van der Waals surface area (Å²) in [7, 11) is 0. The maximum atomic E-state index is 11.7. The summed E-state index contributed by atoms with van der Waals surface area (Å²) >= 11 is 0. The van der Waals surface area contributed by atoms with Gasteiger partial charge in [0, 0.05) is 13.2 Å². The lowest BCUT2D eigenvalue weighted by Gasteiger charge is -2.09. The summed E-state index contributed by atoms with van der Waals surface area (Å²) in [4.78, 5) is 23.2. The number of unbranched alkanes of at least 4 members (excludes halogenated alkanes) is 2. The Kier molecular flexibility index (Phi) is 6.52. The van der Waals surface area contributed by atoms with Crippen molar-refractivity contribution in [2.24, 2.45) is 0 Å². The summed E-state index contributed by atoms with van der Waals surface area (Å²) in [6, 6.07) is 5.21. The van der Waals surface area contributed by atoms with Gasteiger partial charge in [-0.15, -0.1) is 0 Å². The van der Waals surface area contributed by atoms with Crippen molar-refractivity contribution in [2.45, 2.75) is 26.2 Å². The molecule has 0 saturated carbocycles. The molecule has 0 atom stereocenters. The number of nitrogens with one attached hydrogen (secondary N) is 2. The number of hydrogen-bond donors (Lipinski definition) is 4. The molecule has 0 radical (unpaired) electrons. The first-order chi connectivity index (χ1) is 9.54. The third kappa shape index (κ3) is 5.27. The standard InChI is InChI=1S/C14H21N3O3/c1-10-5-6-11(15)12(9-10)17-14(20)13(19)16-7-3-2-4-8-18/h5-6,9,18H,2-4,7-8,15H2,1H3,(H,16,19)(H,17,20). The van der Waals surface area contributed by atoms with E-state index in [1.165, 1.54) is 0 Å². The molecule has 0 fully saturated rings. The SMILES string of the molecule is Cc1ccc(N)c(NC(=O)C(=O)NCCCCCO)c1. The van der Waals surface area contributed by atoms with Gasteiger partial charge >= 0.3 is 11.8 Å². The largest absolute Gasteiger partial charge is 0.397 e. The Hall–Kier alpha value is -2.08. The van der Waals surface area contributed by atoms with E-state index >= 15 is 0 Å². The molecule has 0 saturated heterocycles. The Balaban J connectivity index is 2.41. The highest BCUT2D eigenvalue weighted by atomic mass is 16.3. The van der Waals surface area contributed by atoms with E-state index in [1.807, 2.05) is 13.0 Å². The number of rotatable bonds is 6. The topological polar surface area (TPSA) is 104 Å². The molecular weight excluding hydrogens is 258 g/mol. The molecule has 0 bridgehead atoms. The number of benzene rings is 1. The number of nitrogens with two attached hydrogens (primary N) is 1. The van der Waals surface area contributed by atoms with Crippen molar-refractivity contribution in [1.82, 2.24) is 5.32 Å². The number of hydrogen-bond acceptors (Lipinski definition) is 4. The van der Waals surface area contributed by atoms with Crippen LogP contribution in [0.15, 0.2) is 18.2 Å². The number of carbonyl (C=O) groups is 2. The summed E-state index contributed by atoms with van der Waals surface area (Å²) in [5.74, 6) is -1.42. The number of aliphatic hydroxyl groups excluding tert-OH is 1. The maximum Gasteiger partial charge on any atom is 0.313 e. The average Bonchev–Trinajstić information content (AvgIpc) is 2.42. The van der Waals surface area contributed by atoms with Gasteiger partial charge in [-0.1, -0.05) is 6.07 Å². The Morgan fingerprint density at radius 2 is 1.95 bits per heavy atom. The number of aliphatic hydroxyl groups is 1. The highest BCUT2D eigenvalue weighted by Crippen LogP contribution is 2.19. The molecule has 2 amide bonds. The van der Waals surface area contributed by atoms with Crippen LogP contribution in [0.5, 0.6) is 0 Å². The van der Waals surface area contributed by atoms with Crippen LogP contribution in [-0.4, -0.2) is 30.1 Å². The lowest BCUT2D eigenvalue weighted by molar-refractivity contribution is -0.136. The number of aryl methyl sites for hydroxylation is 1. The second-order valence-electron chi connectivity index (χ2n) is 4.58. The zero-order chi connectivity index (χ0) is 15.0. The lowest BCUT2D eigenvalue weighted by Crippen LogP contribution is -2.36. The van der Waals surface area contributed by atoms with E-state index in [9.17, 15) is 9.59 Å². The van der Waals surface area contributed by atoms with E-state index < -0.39 is 11.8 Å². The van der Waals surface area contributed by atoms with Gasteiger partial charge in [0.05, 0.1) is 11.4 Å². The van der Waals surface area contributed by atoms with Crippen molar-refractivity contribution < 1.29 is 14.7 Å². The van der Waals surface area contributed by atoms with E-state index in [-0.39, 0.29) is 6.61 Å². The van der Waals surface area contributed by atoms with Gasteiger partial charge in [0.2, 0.25) is 0 Å². The van der Waals surface area contributed by atoms with Crippen molar-refractivity contribution in [3.63, 3.8) is 0 Å². The second-order valence-corrected chi connectivity index (χ2v) is 4.58. The average molecular weight is 279 g/mol. The number of carbonyl (C=O) groups excluding carboxylic acids is 2. The summed E-state index contributed by atoms with van der Waals surface area (Å²) in [5, 5.41) is 13.6. The van der Waals surface area contributed by atoms with Crippen molar-refractivity contribution in [1.29, 1.82) is 0 Å². The van der Waals surface area contributed by atoms with Gasteiger partial charge < -0.3 is 21.5 Å². The highest BCUT2D eigenvalue weighted by molar-refractivity contribution is 6.39. The molecule has 110 valence electrons. The smallest absolute Gasteiger partial charge is 0.313 e. The fourth-order valence-electron chi connectivity index (χ4n) is 1.65.